The summed E-state index contributed by atoms with van der Waals surface area (Å²) in [6, 6.07) is 11.3. The Hall–Kier alpha value is -2.27. The van der Waals surface area contributed by atoms with Crippen LogP contribution in [-0.4, -0.2) is 25.9 Å². The van der Waals surface area contributed by atoms with E-state index in [4.69, 9.17) is 9.47 Å². The summed E-state index contributed by atoms with van der Waals surface area (Å²) in [6.45, 7) is 0.242. The third-order valence-corrected chi connectivity index (χ3v) is 3.13. The lowest BCUT2D eigenvalue weighted by Crippen LogP contribution is -2.12. The van der Waals surface area contributed by atoms with E-state index in [2.05, 4.69) is 5.32 Å². The van der Waals surface area contributed by atoms with E-state index in [1.165, 1.54) is 12.1 Å². The standard InChI is InChI=1S/C16H18FNO3/c1-20-13-6-7-14(16(9-13)21-2)18-10-15(19)11-4-3-5-12(17)8-11/h3-9,15,18-19H,10H2,1-2H3. The van der Waals surface area contributed by atoms with Crippen molar-refractivity contribution in [2.75, 3.05) is 26.1 Å². The van der Waals surface area contributed by atoms with Gasteiger partial charge in [0, 0.05) is 12.6 Å². The van der Waals surface area contributed by atoms with Gasteiger partial charge in [-0.05, 0) is 29.8 Å². The first kappa shape index (κ1) is 15.1. The minimum Gasteiger partial charge on any atom is -0.497 e. The van der Waals surface area contributed by atoms with Gasteiger partial charge in [0.15, 0.2) is 0 Å². The van der Waals surface area contributed by atoms with E-state index in [-0.39, 0.29) is 12.4 Å². The lowest BCUT2D eigenvalue weighted by atomic mass is 10.1. The number of aliphatic hydroxyl groups is 1. The second kappa shape index (κ2) is 6.95. The first-order valence-corrected chi connectivity index (χ1v) is 6.53. The SMILES string of the molecule is COc1ccc(NCC(O)c2cccc(F)c2)c(OC)c1. The minimum atomic E-state index is -0.812. The molecule has 1 atom stereocenters. The molecule has 0 aromatic heterocycles. The number of ether oxygens (including phenoxy) is 2. The van der Waals surface area contributed by atoms with Crippen molar-refractivity contribution in [2.24, 2.45) is 0 Å². The number of aliphatic hydroxyl groups excluding tert-OH is 1. The summed E-state index contributed by atoms with van der Waals surface area (Å²) >= 11 is 0. The number of methoxy groups -OCH3 is 2. The number of nitrogens with one attached hydrogen (secondary N) is 1. The Kier molecular flexibility index (Phi) is 5.00. The van der Waals surface area contributed by atoms with Gasteiger partial charge in [0.25, 0.3) is 0 Å². The van der Waals surface area contributed by atoms with Crippen molar-refractivity contribution in [1.82, 2.24) is 0 Å². The Morgan fingerprint density at radius 2 is 1.95 bits per heavy atom. The van der Waals surface area contributed by atoms with Crippen LogP contribution in [0.1, 0.15) is 11.7 Å². The van der Waals surface area contributed by atoms with Gasteiger partial charge in [-0.15, -0.1) is 0 Å². The zero-order valence-corrected chi connectivity index (χ0v) is 12.0. The first-order valence-electron chi connectivity index (χ1n) is 6.53. The molecule has 0 spiro atoms. The van der Waals surface area contributed by atoms with Crippen molar-refractivity contribution in [3.8, 4) is 11.5 Å². The number of benzene rings is 2. The van der Waals surface area contributed by atoms with Gasteiger partial charge in [-0.2, -0.15) is 0 Å². The highest BCUT2D eigenvalue weighted by Crippen LogP contribution is 2.29. The van der Waals surface area contributed by atoms with Gasteiger partial charge in [0.1, 0.15) is 17.3 Å². The van der Waals surface area contributed by atoms with Crippen LogP contribution in [0.4, 0.5) is 10.1 Å². The number of hydrogen-bond acceptors (Lipinski definition) is 4. The largest absolute Gasteiger partial charge is 0.497 e. The highest BCUT2D eigenvalue weighted by Gasteiger charge is 2.10. The normalized spacial score (nSPS) is 11.8. The first-order chi connectivity index (χ1) is 10.1. The van der Waals surface area contributed by atoms with Gasteiger partial charge < -0.3 is 19.9 Å². The van der Waals surface area contributed by atoms with Gasteiger partial charge >= 0.3 is 0 Å². The van der Waals surface area contributed by atoms with Gasteiger partial charge in [-0.3, -0.25) is 0 Å². The van der Waals surface area contributed by atoms with Crippen LogP contribution in [0.3, 0.4) is 0 Å². The maximum absolute atomic E-state index is 13.1. The van der Waals surface area contributed by atoms with Gasteiger partial charge in [0.05, 0.1) is 26.0 Å². The molecule has 0 aliphatic carbocycles. The summed E-state index contributed by atoms with van der Waals surface area (Å²) in [5, 5.41) is 13.2. The maximum Gasteiger partial charge on any atom is 0.145 e. The second-order valence-corrected chi connectivity index (χ2v) is 4.52. The molecule has 4 nitrogen and oxygen atoms in total. The number of halogens is 1. The van der Waals surface area contributed by atoms with Crippen molar-refractivity contribution >= 4 is 5.69 Å². The molecule has 0 fully saturated rings. The predicted octanol–water partition coefficient (Wildman–Crippen LogP) is 2.99. The Morgan fingerprint density at radius 3 is 2.62 bits per heavy atom. The van der Waals surface area contributed by atoms with Crippen molar-refractivity contribution < 1.29 is 19.0 Å². The maximum atomic E-state index is 13.1. The Balaban J connectivity index is 2.05. The molecular weight excluding hydrogens is 273 g/mol. The van der Waals surface area contributed by atoms with Crippen LogP contribution >= 0.6 is 0 Å². The molecule has 2 rings (SSSR count). The molecule has 0 aliphatic heterocycles. The van der Waals surface area contributed by atoms with E-state index >= 15 is 0 Å². The van der Waals surface area contributed by atoms with E-state index in [0.717, 1.165) is 5.69 Å². The molecule has 0 radical (unpaired) electrons. The highest BCUT2D eigenvalue weighted by atomic mass is 19.1. The lowest BCUT2D eigenvalue weighted by molar-refractivity contribution is 0.191. The minimum absolute atomic E-state index is 0.242. The molecule has 2 N–H and O–H groups in total. The van der Waals surface area contributed by atoms with E-state index < -0.39 is 6.10 Å². The summed E-state index contributed by atoms with van der Waals surface area (Å²) < 4.78 is 23.5. The zero-order valence-electron chi connectivity index (χ0n) is 12.0. The molecule has 5 heteroatoms. The fraction of sp³-hybridized carbons (Fsp3) is 0.250. The molecule has 0 aliphatic rings. The third-order valence-electron chi connectivity index (χ3n) is 3.13. The Bertz CT molecular complexity index is 604. The molecule has 2 aromatic rings. The van der Waals surface area contributed by atoms with Crippen molar-refractivity contribution in [3.63, 3.8) is 0 Å². The fourth-order valence-corrected chi connectivity index (χ4v) is 1.98. The van der Waals surface area contributed by atoms with Crippen molar-refractivity contribution in [2.45, 2.75) is 6.10 Å². The summed E-state index contributed by atoms with van der Waals surface area (Å²) in [6.07, 6.45) is -0.812. The van der Waals surface area contributed by atoms with Gasteiger partial charge in [-0.1, -0.05) is 12.1 Å². The molecule has 0 amide bonds. The third kappa shape index (κ3) is 3.86. The van der Waals surface area contributed by atoms with Crippen LogP contribution in [0.5, 0.6) is 11.5 Å². The average molecular weight is 291 g/mol. The smallest absolute Gasteiger partial charge is 0.145 e. The van der Waals surface area contributed by atoms with Crippen LogP contribution in [0.2, 0.25) is 0 Å². The van der Waals surface area contributed by atoms with Crippen molar-refractivity contribution in [3.05, 3.63) is 53.8 Å². The molecule has 0 saturated heterocycles. The number of hydrogen-bond donors (Lipinski definition) is 2. The van der Waals surface area contributed by atoms with Gasteiger partial charge in [0.2, 0.25) is 0 Å². The van der Waals surface area contributed by atoms with Crippen LogP contribution in [0.15, 0.2) is 42.5 Å². The van der Waals surface area contributed by atoms with Crippen LogP contribution in [0.25, 0.3) is 0 Å². The summed E-state index contributed by atoms with van der Waals surface area (Å²) in [7, 11) is 3.14. The molecule has 0 bridgehead atoms. The fourth-order valence-electron chi connectivity index (χ4n) is 1.98. The van der Waals surface area contributed by atoms with Crippen LogP contribution in [-0.2, 0) is 0 Å². The van der Waals surface area contributed by atoms with Crippen LogP contribution < -0.4 is 14.8 Å². The van der Waals surface area contributed by atoms with E-state index in [9.17, 15) is 9.50 Å². The Labute approximate surface area is 123 Å². The molecule has 21 heavy (non-hydrogen) atoms. The topological polar surface area (TPSA) is 50.7 Å². The monoisotopic (exact) mass is 291 g/mol. The summed E-state index contributed by atoms with van der Waals surface area (Å²) in [5.41, 5.74) is 1.25. The van der Waals surface area contributed by atoms with Crippen LogP contribution in [0, 0.1) is 5.82 Å². The highest BCUT2D eigenvalue weighted by molar-refractivity contribution is 5.59. The average Bonchev–Trinajstić information content (AvgIpc) is 2.52. The molecule has 0 heterocycles. The predicted molar refractivity (Wildman–Crippen MR) is 79.4 cm³/mol. The zero-order chi connectivity index (χ0) is 15.2. The lowest BCUT2D eigenvalue weighted by Gasteiger charge is -2.16. The molecular formula is C16H18FNO3. The number of anilines is 1. The quantitative estimate of drug-likeness (QED) is 0.859. The summed E-state index contributed by atoms with van der Waals surface area (Å²) in [5.74, 6) is 0.928. The van der Waals surface area contributed by atoms with E-state index in [0.29, 0.717) is 17.1 Å². The number of rotatable bonds is 6. The summed E-state index contributed by atoms with van der Waals surface area (Å²) in [4.78, 5) is 0. The Morgan fingerprint density at radius 1 is 1.14 bits per heavy atom. The van der Waals surface area contributed by atoms with Crippen molar-refractivity contribution in [1.29, 1.82) is 0 Å². The second-order valence-electron chi connectivity index (χ2n) is 4.52. The molecule has 2 aromatic carbocycles. The van der Waals surface area contributed by atoms with E-state index in [1.54, 1.807) is 44.6 Å². The van der Waals surface area contributed by atoms with Gasteiger partial charge in [-0.25, -0.2) is 4.39 Å². The molecule has 1 unspecified atom stereocenters. The molecule has 112 valence electrons. The van der Waals surface area contributed by atoms with E-state index in [1.807, 2.05) is 0 Å². The molecule has 0 saturated carbocycles.